The summed E-state index contributed by atoms with van der Waals surface area (Å²) in [4.78, 5) is 18.9. The second-order valence-electron chi connectivity index (χ2n) is 7.84. The van der Waals surface area contributed by atoms with Crippen LogP contribution in [0.5, 0.6) is 0 Å². The van der Waals surface area contributed by atoms with Crippen molar-refractivity contribution in [3.05, 3.63) is 57.5 Å². The summed E-state index contributed by atoms with van der Waals surface area (Å²) in [6.07, 6.45) is 5.20. The van der Waals surface area contributed by atoms with Crippen molar-refractivity contribution in [1.29, 1.82) is 0 Å². The van der Waals surface area contributed by atoms with Crippen molar-refractivity contribution in [2.45, 2.75) is 56.7 Å². The van der Waals surface area contributed by atoms with Gasteiger partial charge in [-0.15, -0.1) is 11.3 Å². The molecule has 5 rings (SSSR count). The molecule has 5 heteroatoms. The first kappa shape index (κ1) is 16.3. The second kappa shape index (κ2) is 6.38. The lowest BCUT2D eigenvalue weighted by atomic mass is 9.85. The number of rotatable bonds is 1. The highest BCUT2D eigenvalue weighted by Crippen LogP contribution is 2.43. The molecule has 2 aromatic rings. The predicted molar refractivity (Wildman–Crippen MR) is 101 cm³/mol. The molecule has 0 radical (unpaired) electrons. The van der Waals surface area contributed by atoms with E-state index in [2.05, 4.69) is 16.3 Å². The number of halogens is 1. The first-order chi connectivity index (χ1) is 12.7. The van der Waals surface area contributed by atoms with Crippen LogP contribution in [0.2, 0.25) is 0 Å². The quantitative estimate of drug-likeness (QED) is 0.709. The molecule has 3 atom stereocenters. The molecule has 3 aliphatic heterocycles. The highest BCUT2D eigenvalue weighted by atomic mass is 32.1. The maximum atomic E-state index is 13.2. The number of hydrogen-bond donors (Lipinski definition) is 0. The molecular weight excluding hydrogens is 347 g/mol. The van der Waals surface area contributed by atoms with Crippen molar-refractivity contribution in [3.8, 4) is 0 Å². The summed E-state index contributed by atoms with van der Waals surface area (Å²) in [7, 11) is 0. The number of benzene rings is 1. The van der Waals surface area contributed by atoms with Gasteiger partial charge in [0.25, 0.3) is 0 Å². The largest absolute Gasteiger partial charge is 0.320 e. The number of carbonyl (C=O) groups is 1. The van der Waals surface area contributed by atoms with E-state index in [9.17, 15) is 9.18 Å². The van der Waals surface area contributed by atoms with Crippen LogP contribution in [0.1, 0.15) is 47.6 Å². The highest BCUT2D eigenvalue weighted by Gasteiger charge is 2.45. The number of urea groups is 1. The normalized spacial score (nSPS) is 27.5. The summed E-state index contributed by atoms with van der Waals surface area (Å²) in [6, 6.07) is 10.0. The van der Waals surface area contributed by atoms with Gasteiger partial charge < -0.3 is 9.80 Å². The minimum absolute atomic E-state index is 0.178. The Kier molecular flexibility index (Phi) is 4.00. The molecule has 2 fully saturated rings. The Bertz CT molecular complexity index is 804. The minimum Gasteiger partial charge on any atom is -0.320 e. The molecule has 3 aliphatic rings. The lowest BCUT2D eigenvalue weighted by Gasteiger charge is -2.42. The molecular formula is C21H23FN2OS. The van der Waals surface area contributed by atoms with Gasteiger partial charge in [-0.3, -0.25) is 0 Å². The van der Waals surface area contributed by atoms with Gasteiger partial charge in [-0.2, -0.15) is 0 Å². The SMILES string of the molecule is O=C(N1CCc2sccc2C1)N1[C@@H]2CC[C@H]1C[C@@H](c1ccc(F)cc1)C2. The Labute approximate surface area is 157 Å². The van der Waals surface area contributed by atoms with Crippen LogP contribution in [0, 0.1) is 5.82 Å². The van der Waals surface area contributed by atoms with Crippen LogP contribution in [0.4, 0.5) is 9.18 Å². The van der Waals surface area contributed by atoms with Crippen LogP contribution in [0.25, 0.3) is 0 Å². The van der Waals surface area contributed by atoms with Gasteiger partial charge in [0.15, 0.2) is 0 Å². The summed E-state index contributed by atoms with van der Waals surface area (Å²) >= 11 is 1.81. The molecule has 26 heavy (non-hydrogen) atoms. The van der Waals surface area contributed by atoms with Gasteiger partial charge in [-0.05, 0) is 72.7 Å². The fraction of sp³-hybridized carbons (Fsp3) is 0.476. The van der Waals surface area contributed by atoms with Gasteiger partial charge in [-0.25, -0.2) is 9.18 Å². The van der Waals surface area contributed by atoms with Gasteiger partial charge in [0.05, 0.1) is 0 Å². The lowest BCUT2D eigenvalue weighted by molar-refractivity contribution is 0.101. The highest BCUT2D eigenvalue weighted by molar-refractivity contribution is 7.10. The van der Waals surface area contributed by atoms with Crippen LogP contribution in [0.3, 0.4) is 0 Å². The van der Waals surface area contributed by atoms with E-state index < -0.39 is 0 Å². The van der Waals surface area contributed by atoms with Crippen LogP contribution >= 0.6 is 11.3 Å². The van der Waals surface area contributed by atoms with Crippen LogP contribution in [0.15, 0.2) is 35.7 Å². The molecule has 0 spiro atoms. The van der Waals surface area contributed by atoms with Crippen LogP contribution in [-0.4, -0.2) is 34.5 Å². The average molecular weight is 370 g/mol. The first-order valence-electron chi connectivity index (χ1n) is 9.57. The third-order valence-electron chi connectivity index (χ3n) is 6.37. The first-order valence-corrected chi connectivity index (χ1v) is 10.4. The Morgan fingerprint density at radius 1 is 1.08 bits per heavy atom. The van der Waals surface area contributed by atoms with Crippen molar-refractivity contribution in [2.24, 2.45) is 0 Å². The summed E-state index contributed by atoms with van der Waals surface area (Å²) in [6.45, 7) is 1.60. The molecule has 1 aromatic heterocycles. The van der Waals surface area contributed by atoms with Crippen LogP contribution in [-0.2, 0) is 13.0 Å². The van der Waals surface area contributed by atoms with E-state index in [1.807, 2.05) is 28.4 Å². The number of nitrogens with zero attached hydrogens (tertiary/aromatic N) is 2. The van der Waals surface area contributed by atoms with E-state index in [1.54, 1.807) is 12.1 Å². The molecule has 0 N–H and O–H groups in total. The minimum atomic E-state index is -0.178. The fourth-order valence-electron chi connectivity index (χ4n) is 5.07. The molecule has 2 saturated heterocycles. The topological polar surface area (TPSA) is 23.6 Å². The zero-order chi connectivity index (χ0) is 17.7. The number of thiophene rings is 1. The third-order valence-corrected chi connectivity index (χ3v) is 7.40. The maximum Gasteiger partial charge on any atom is 0.320 e. The summed E-state index contributed by atoms with van der Waals surface area (Å²) < 4.78 is 13.2. The van der Waals surface area contributed by atoms with Gasteiger partial charge >= 0.3 is 6.03 Å². The van der Waals surface area contributed by atoms with Crippen molar-refractivity contribution >= 4 is 17.4 Å². The van der Waals surface area contributed by atoms with E-state index in [0.29, 0.717) is 18.0 Å². The van der Waals surface area contributed by atoms with Gasteiger partial charge in [0.1, 0.15) is 5.82 Å². The molecule has 0 unspecified atom stereocenters. The zero-order valence-corrected chi connectivity index (χ0v) is 15.6. The van der Waals surface area contributed by atoms with E-state index in [0.717, 1.165) is 45.2 Å². The number of hydrogen-bond acceptors (Lipinski definition) is 2. The number of piperidine rings is 1. The Hall–Kier alpha value is -1.88. The van der Waals surface area contributed by atoms with E-state index in [4.69, 9.17) is 0 Å². The Morgan fingerprint density at radius 3 is 2.54 bits per heavy atom. The van der Waals surface area contributed by atoms with Gasteiger partial charge in [0, 0.05) is 30.1 Å². The molecule has 0 aliphatic carbocycles. The van der Waals surface area contributed by atoms with E-state index >= 15 is 0 Å². The lowest BCUT2D eigenvalue weighted by Crippen LogP contribution is -2.52. The second-order valence-corrected chi connectivity index (χ2v) is 8.84. The maximum absolute atomic E-state index is 13.2. The number of fused-ring (bicyclic) bond motifs is 3. The summed E-state index contributed by atoms with van der Waals surface area (Å²) in [5.74, 6) is 0.268. The van der Waals surface area contributed by atoms with Crippen molar-refractivity contribution in [1.82, 2.24) is 9.80 Å². The summed E-state index contributed by atoms with van der Waals surface area (Å²) in [5, 5.41) is 2.14. The zero-order valence-electron chi connectivity index (χ0n) is 14.7. The molecule has 3 nitrogen and oxygen atoms in total. The molecule has 1 aromatic carbocycles. The van der Waals surface area contributed by atoms with Crippen molar-refractivity contribution in [2.75, 3.05) is 6.54 Å². The fourth-order valence-corrected chi connectivity index (χ4v) is 5.96. The molecule has 2 bridgehead atoms. The van der Waals surface area contributed by atoms with Crippen molar-refractivity contribution in [3.63, 3.8) is 0 Å². The van der Waals surface area contributed by atoms with Gasteiger partial charge in [-0.1, -0.05) is 12.1 Å². The number of carbonyl (C=O) groups excluding carboxylic acids is 1. The Balaban J connectivity index is 1.31. The van der Waals surface area contributed by atoms with Crippen molar-refractivity contribution < 1.29 is 9.18 Å². The molecule has 4 heterocycles. The monoisotopic (exact) mass is 370 g/mol. The summed E-state index contributed by atoms with van der Waals surface area (Å²) in [5.41, 5.74) is 2.54. The third kappa shape index (κ3) is 2.73. The average Bonchev–Trinajstić information content (AvgIpc) is 3.23. The standard InChI is InChI=1S/C21H23FN2OS/c22-17-3-1-14(2-4-17)16-11-18-5-6-19(12-16)24(18)21(25)23-9-7-20-15(13-23)8-10-26-20/h1-4,8,10,16,18-19H,5-7,9,11-13H2/t16-,18+,19-. The molecule has 0 saturated carbocycles. The Morgan fingerprint density at radius 2 is 1.81 bits per heavy atom. The van der Waals surface area contributed by atoms with Crippen LogP contribution < -0.4 is 0 Å². The smallest absolute Gasteiger partial charge is 0.320 e. The molecule has 2 amide bonds. The van der Waals surface area contributed by atoms with E-state index in [1.165, 1.54) is 16.0 Å². The molecule has 136 valence electrons. The predicted octanol–water partition coefficient (Wildman–Crippen LogP) is 4.78. The van der Waals surface area contributed by atoms with Gasteiger partial charge in [0.2, 0.25) is 0 Å². The number of amides is 2. The van der Waals surface area contributed by atoms with E-state index in [-0.39, 0.29) is 11.8 Å².